The molecule has 0 aliphatic heterocycles. The molecule has 0 bridgehead atoms. The summed E-state index contributed by atoms with van der Waals surface area (Å²) in [7, 11) is 0. The Hall–Kier alpha value is -2.03. The Balaban J connectivity index is 2.18. The van der Waals surface area contributed by atoms with Gasteiger partial charge in [-0.3, -0.25) is 4.79 Å². The minimum Gasteiger partial charge on any atom is -0.345 e. The van der Waals surface area contributed by atoms with Gasteiger partial charge in [0, 0.05) is 30.9 Å². The predicted molar refractivity (Wildman–Crippen MR) is 104 cm³/mol. The molecule has 0 spiro atoms. The van der Waals surface area contributed by atoms with Crippen LogP contribution in [0.3, 0.4) is 0 Å². The second kappa shape index (κ2) is 8.89. The molecular weight excluding hydrogens is 308 g/mol. The van der Waals surface area contributed by atoms with Gasteiger partial charge in [-0.25, -0.2) is 0 Å². The monoisotopic (exact) mass is 340 g/mol. The normalized spacial score (nSPS) is 12.6. The van der Waals surface area contributed by atoms with Gasteiger partial charge < -0.3 is 9.47 Å². The van der Waals surface area contributed by atoms with Crippen molar-refractivity contribution in [3.8, 4) is 0 Å². The molecule has 136 valence electrons. The summed E-state index contributed by atoms with van der Waals surface area (Å²) in [5.74, 6) is 1.07. The molecule has 25 heavy (non-hydrogen) atoms. The van der Waals surface area contributed by atoms with E-state index < -0.39 is 0 Å². The number of hydrogen-bond donors (Lipinski definition) is 0. The van der Waals surface area contributed by atoms with Gasteiger partial charge in [0.2, 0.25) is 5.91 Å². The highest BCUT2D eigenvalue weighted by atomic mass is 16.2. The maximum absolute atomic E-state index is 12.8. The Labute approximate surface area is 152 Å². The predicted octanol–water partition coefficient (Wildman–Crippen LogP) is 4.96. The van der Waals surface area contributed by atoms with Crippen molar-refractivity contribution in [2.45, 2.75) is 60.2 Å². The molecule has 1 heterocycles. The molecule has 0 aliphatic rings. The third-order valence-electron chi connectivity index (χ3n) is 4.81. The van der Waals surface area contributed by atoms with Crippen molar-refractivity contribution >= 4 is 5.91 Å². The van der Waals surface area contributed by atoms with E-state index in [0.29, 0.717) is 24.8 Å². The number of aromatic nitrogens is 1. The quantitative estimate of drug-likeness (QED) is 0.667. The third-order valence-corrected chi connectivity index (χ3v) is 4.81. The zero-order valence-electron chi connectivity index (χ0n) is 16.3. The minimum absolute atomic E-state index is 0.228. The lowest BCUT2D eigenvalue weighted by Crippen LogP contribution is -2.41. The molecule has 1 aromatic heterocycles. The molecule has 0 N–H and O–H groups in total. The Morgan fingerprint density at radius 1 is 1.00 bits per heavy atom. The Kier molecular flexibility index (Phi) is 6.86. The van der Waals surface area contributed by atoms with E-state index in [1.54, 1.807) is 0 Å². The van der Waals surface area contributed by atoms with E-state index in [2.05, 4.69) is 86.7 Å². The van der Waals surface area contributed by atoms with Gasteiger partial charge in [0.05, 0.1) is 6.54 Å². The molecule has 2 aromatic rings. The molecule has 1 aromatic carbocycles. The SMILES string of the molecule is CC(C)CC(=O)N(Cc1cccn1Cc1ccccc1)C(C)C(C)C. The molecule has 0 saturated carbocycles. The van der Waals surface area contributed by atoms with Crippen LogP contribution in [-0.2, 0) is 17.9 Å². The van der Waals surface area contributed by atoms with Gasteiger partial charge in [-0.15, -0.1) is 0 Å². The van der Waals surface area contributed by atoms with Gasteiger partial charge in [-0.05, 0) is 36.5 Å². The van der Waals surface area contributed by atoms with Crippen LogP contribution in [0.15, 0.2) is 48.7 Å². The van der Waals surface area contributed by atoms with Crippen LogP contribution in [0.1, 0.15) is 52.3 Å². The standard InChI is InChI=1S/C22H32N2O/c1-17(2)14-22(25)24(19(5)18(3)4)16-21-12-9-13-23(21)15-20-10-7-6-8-11-20/h6-13,17-19H,14-16H2,1-5H3. The Bertz CT molecular complexity index is 658. The molecule has 1 amide bonds. The maximum Gasteiger partial charge on any atom is 0.223 e. The van der Waals surface area contributed by atoms with Crippen molar-refractivity contribution in [3.05, 3.63) is 59.9 Å². The third kappa shape index (κ3) is 5.48. The fourth-order valence-electron chi connectivity index (χ4n) is 2.99. The summed E-state index contributed by atoms with van der Waals surface area (Å²) in [6, 6.07) is 14.9. The molecular formula is C22H32N2O. The lowest BCUT2D eigenvalue weighted by atomic mass is 10.0. The van der Waals surface area contributed by atoms with Crippen molar-refractivity contribution in [2.75, 3.05) is 0 Å². The van der Waals surface area contributed by atoms with Gasteiger partial charge in [-0.2, -0.15) is 0 Å². The fraction of sp³-hybridized carbons (Fsp3) is 0.500. The fourth-order valence-corrected chi connectivity index (χ4v) is 2.99. The minimum atomic E-state index is 0.228. The zero-order valence-corrected chi connectivity index (χ0v) is 16.3. The first-order chi connectivity index (χ1) is 11.9. The van der Waals surface area contributed by atoms with E-state index in [0.717, 1.165) is 6.54 Å². The Morgan fingerprint density at radius 3 is 2.28 bits per heavy atom. The molecule has 0 fully saturated rings. The Morgan fingerprint density at radius 2 is 1.68 bits per heavy atom. The van der Waals surface area contributed by atoms with Crippen LogP contribution in [-0.4, -0.2) is 21.4 Å². The number of carbonyl (C=O) groups is 1. The lowest BCUT2D eigenvalue weighted by molar-refractivity contribution is -0.135. The van der Waals surface area contributed by atoms with Crippen LogP contribution in [0.2, 0.25) is 0 Å². The zero-order chi connectivity index (χ0) is 18.4. The van der Waals surface area contributed by atoms with Crippen molar-refractivity contribution < 1.29 is 4.79 Å². The van der Waals surface area contributed by atoms with Crippen LogP contribution in [0.5, 0.6) is 0 Å². The summed E-state index contributed by atoms with van der Waals surface area (Å²) >= 11 is 0. The van der Waals surface area contributed by atoms with E-state index in [-0.39, 0.29) is 11.9 Å². The molecule has 3 heteroatoms. The number of nitrogens with zero attached hydrogens (tertiary/aromatic N) is 2. The number of amides is 1. The summed E-state index contributed by atoms with van der Waals surface area (Å²) in [6.45, 7) is 12.2. The van der Waals surface area contributed by atoms with E-state index >= 15 is 0 Å². The number of benzene rings is 1. The first-order valence-electron chi connectivity index (χ1n) is 9.36. The van der Waals surface area contributed by atoms with Crippen molar-refractivity contribution in [1.29, 1.82) is 0 Å². The van der Waals surface area contributed by atoms with E-state index in [9.17, 15) is 4.79 Å². The topological polar surface area (TPSA) is 25.2 Å². The van der Waals surface area contributed by atoms with Crippen LogP contribution >= 0.6 is 0 Å². The largest absolute Gasteiger partial charge is 0.345 e. The van der Waals surface area contributed by atoms with Crippen LogP contribution < -0.4 is 0 Å². The molecule has 2 rings (SSSR count). The summed E-state index contributed by atoms with van der Waals surface area (Å²) in [5.41, 5.74) is 2.46. The number of rotatable bonds is 8. The van der Waals surface area contributed by atoms with Gasteiger partial charge >= 0.3 is 0 Å². The molecule has 1 atom stereocenters. The number of carbonyl (C=O) groups excluding carboxylic acids is 1. The van der Waals surface area contributed by atoms with E-state index in [1.165, 1.54) is 11.3 Å². The van der Waals surface area contributed by atoms with Gasteiger partial charge in [-0.1, -0.05) is 58.0 Å². The van der Waals surface area contributed by atoms with Gasteiger partial charge in [0.25, 0.3) is 0 Å². The second-order valence-corrected chi connectivity index (χ2v) is 7.72. The summed E-state index contributed by atoms with van der Waals surface area (Å²) in [5, 5.41) is 0. The number of hydrogen-bond acceptors (Lipinski definition) is 1. The van der Waals surface area contributed by atoms with Gasteiger partial charge in [0.1, 0.15) is 0 Å². The van der Waals surface area contributed by atoms with E-state index in [1.807, 2.05) is 6.07 Å². The van der Waals surface area contributed by atoms with Crippen LogP contribution in [0.25, 0.3) is 0 Å². The van der Waals surface area contributed by atoms with Gasteiger partial charge in [0.15, 0.2) is 0 Å². The molecule has 0 radical (unpaired) electrons. The second-order valence-electron chi connectivity index (χ2n) is 7.72. The average Bonchev–Trinajstić information content (AvgIpc) is 2.99. The van der Waals surface area contributed by atoms with Crippen molar-refractivity contribution in [3.63, 3.8) is 0 Å². The summed E-state index contributed by atoms with van der Waals surface area (Å²) in [4.78, 5) is 14.9. The smallest absolute Gasteiger partial charge is 0.223 e. The van der Waals surface area contributed by atoms with Crippen molar-refractivity contribution in [2.24, 2.45) is 11.8 Å². The highest BCUT2D eigenvalue weighted by Crippen LogP contribution is 2.19. The summed E-state index contributed by atoms with van der Waals surface area (Å²) < 4.78 is 2.25. The average molecular weight is 341 g/mol. The summed E-state index contributed by atoms with van der Waals surface area (Å²) in [6.07, 6.45) is 2.71. The molecule has 1 unspecified atom stereocenters. The van der Waals surface area contributed by atoms with Crippen LogP contribution in [0, 0.1) is 11.8 Å². The maximum atomic E-state index is 12.8. The highest BCUT2D eigenvalue weighted by molar-refractivity contribution is 5.76. The molecule has 0 aliphatic carbocycles. The van der Waals surface area contributed by atoms with E-state index in [4.69, 9.17) is 0 Å². The molecule has 0 saturated heterocycles. The van der Waals surface area contributed by atoms with Crippen LogP contribution in [0.4, 0.5) is 0 Å². The first-order valence-corrected chi connectivity index (χ1v) is 9.36. The first kappa shape index (κ1) is 19.3. The lowest BCUT2D eigenvalue weighted by Gasteiger charge is -2.33. The highest BCUT2D eigenvalue weighted by Gasteiger charge is 2.24. The van der Waals surface area contributed by atoms with Crippen molar-refractivity contribution in [1.82, 2.24) is 9.47 Å². The molecule has 3 nitrogen and oxygen atoms in total.